The number of H-pyrrole nitrogens is 2. The lowest BCUT2D eigenvalue weighted by atomic mass is 10.9. The Balaban J connectivity index is 0.000000292. The first-order chi connectivity index (χ1) is 6.60. The second-order valence-corrected chi connectivity index (χ2v) is 1.77. The molecule has 0 spiro atoms. The number of nitrogen functional groups attached to an aromatic ring is 2. The van der Waals surface area contributed by atoms with E-state index in [9.17, 15) is 4.79 Å². The number of nitrogens with one attached hydrogen (secondary N) is 2. The Morgan fingerprint density at radius 2 is 2.29 bits per heavy atom. The fourth-order valence-electron chi connectivity index (χ4n) is 0.472. The zero-order valence-corrected chi connectivity index (χ0v) is 6.85. The van der Waals surface area contributed by atoms with Crippen molar-refractivity contribution >= 4 is 17.9 Å². The van der Waals surface area contributed by atoms with Crippen molar-refractivity contribution in [1.29, 1.82) is 5.26 Å². The van der Waals surface area contributed by atoms with E-state index in [1.807, 2.05) is 0 Å². The van der Waals surface area contributed by atoms with Gasteiger partial charge in [0.1, 0.15) is 0 Å². The molecule has 9 heteroatoms. The molecule has 0 aromatic carbocycles. The maximum absolute atomic E-state index is 10.4. The summed E-state index contributed by atoms with van der Waals surface area (Å²) in [5.41, 5.74) is 9.73. The van der Waals surface area contributed by atoms with E-state index in [4.69, 9.17) is 22.1 Å². The molecule has 1 aromatic heterocycles. The molecule has 6 N–H and O–H groups in total. The minimum Gasteiger partial charge on any atom is -0.422 e. The van der Waals surface area contributed by atoms with Crippen molar-refractivity contribution in [3.05, 3.63) is 15.9 Å². The molecule has 1 aromatic rings. The quantitative estimate of drug-likeness (QED) is 0.318. The predicted molar refractivity (Wildman–Crippen MR) is 46.6 cm³/mol. The number of hydrogen-bond donors (Lipinski definition) is 3. The van der Waals surface area contributed by atoms with Crippen LogP contribution in [-0.2, 0) is 0 Å². The zero-order chi connectivity index (χ0) is 11.0. The third-order valence-electron chi connectivity index (χ3n) is 0.824. The molecule has 0 aliphatic rings. The van der Waals surface area contributed by atoms with Crippen LogP contribution in [-0.4, -0.2) is 16.0 Å². The number of hydrogen-bond acceptors (Lipinski definition) is 6. The zero-order valence-electron chi connectivity index (χ0n) is 6.85. The number of nitrogens with two attached hydrogens (primary N) is 2. The van der Waals surface area contributed by atoms with Crippen LogP contribution in [0.2, 0.25) is 0 Å². The highest BCUT2D eigenvalue weighted by Gasteiger charge is 1.98. The van der Waals surface area contributed by atoms with Crippen LogP contribution in [0.1, 0.15) is 0 Å². The summed E-state index contributed by atoms with van der Waals surface area (Å²) in [6.45, 7) is 0. The van der Waals surface area contributed by atoms with Gasteiger partial charge in [0.2, 0.25) is 0 Å². The Labute approximate surface area is 77.6 Å². The fourth-order valence-corrected chi connectivity index (χ4v) is 0.472. The van der Waals surface area contributed by atoms with Gasteiger partial charge < -0.3 is 21.9 Å². The number of nitriles is 1. The normalized spacial score (nSPS) is 7.36. The molecule has 0 aliphatic carbocycles. The van der Waals surface area contributed by atoms with E-state index in [1.165, 1.54) is 12.2 Å². The Hall–Kier alpha value is -2.72. The summed E-state index contributed by atoms with van der Waals surface area (Å²) in [5, 5.41) is 14.9. The number of anilines is 2. The van der Waals surface area contributed by atoms with Crippen molar-refractivity contribution in [2.24, 2.45) is 4.99 Å². The second-order valence-electron chi connectivity index (χ2n) is 1.77. The molecule has 0 saturated heterocycles. The van der Waals surface area contributed by atoms with Crippen LogP contribution in [0.4, 0.5) is 11.9 Å². The van der Waals surface area contributed by atoms with E-state index >= 15 is 0 Å². The molecule has 0 aliphatic heterocycles. The molecular weight excluding hydrogens is 188 g/mol. The van der Waals surface area contributed by atoms with E-state index in [-0.39, 0.29) is 11.9 Å². The van der Waals surface area contributed by atoms with Gasteiger partial charge in [-0.2, -0.15) is 5.26 Å². The molecule has 0 radical (unpaired) electrons. The molecule has 1 heterocycles. The number of aliphatic imine (C=N–C) groups is 1. The molecule has 0 unspecified atom stereocenters. The van der Waals surface area contributed by atoms with Gasteiger partial charge in [-0.25, -0.2) is 14.8 Å². The van der Waals surface area contributed by atoms with Crippen molar-refractivity contribution < 1.29 is 4.98 Å². The molecule has 0 amide bonds. The average molecular weight is 194 g/mol. The highest BCUT2D eigenvalue weighted by molar-refractivity contribution is 5.46. The lowest BCUT2D eigenvalue weighted by Gasteiger charge is -1.82. The van der Waals surface area contributed by atoms with Gasteiger partial charge in [0.05, 0.1) is 6.19 Å². The summed E-state index contributed by atoms with van der Waals surface area (Å²) < 4.78 is 0. The van der Waals surface area contributed by atoms with Gasteiger partial charge in [0.15, 0.2) is 0 Å². The number of aromatic amines is 2. The lowest BCUT2D eigenvalue weighted by Crippen LogP contribution is -2.34. The Morgan fingerprint density at radius 1 is 1.64 bits per heavy atom. The van der Waals surface area contributed by atoms with Gasteiger partial charge >= 0.3 is 17.6 Å². The van der Waals surface area contributed by atoms with Gasteiger partial charge in [-0.1, -0.05) is 4.98 Å². The van der Waals surface area contributed by atoms with Crippen LogP contribution in [0.25, 0.3) is 5.41 Å². The Bertz CT molecular complexity index is 413. The molecular formula is C5H6N8O. The van der Waals surface area contributed by atoms with E-state index in [1.54, 1.807) is 0 Å². The minimum absolute atomic E-state index is 0.0104. The molecule has 14 heavy (non-hydrogen) atoms. The molecule has 72 valence electrons. The Kier molecular flexibility index (Phi) is 4.73. The first-order valence-electron chi connectivity index (χ1n) is 3.12. The van der Waals surface area contributed by atoms with E-state index in [0.29, 0.717) is 0 Å². The van der Waals surface area contributed by atoms with Crippen molar-refractivity contribution in [3.8, 4) is 6.19 Å². The van der Waals surface area contributed by atoms with Gasteiger partial charge in [-0.15, -0.1) is 6.01 Å². The van der Waals surface area contributed by atoms with E-state index < -0.39 is 5.69 Å². The van der Waals surface area contributed by atoms with Crippen LogP contribution in [0.15, 0.2) is 9.79 Å². The molecule has 0 bridgehead atoms. The molecule has 0 atom stereocenters. The van der Waals surface area contributed by atoms with Crippen molar-refractivity contribution in [2.75, 3.05) is 11.5 Å². The molecule has 9 nitrogen and oxygen atoms in total. The summed E-state index contributed by atoms with van der Waals surface area (Å²) in [6.07, 6.45) is 1.28. The average Bonchev–Trinajstić information content (AvgIpc) is 2.03. The van der Waals surface area contributed by atoms with Gasteiger partial charge in [-0.3, -0.25) is 0 Å². The molecule has 1 rings (SSSR count). The van der Waals surface area contributed by atoms with Gasteiger partial charge in [-0.05, 0) is 0 Å². The van der Waals surface area contributed by atoms with E-state index in [2.05, 4.69) is 19.9 Å². The fraction of sp³-hybridized carbons (Fsp3) is 0. The van der Waals surface area contributed by atoms with Crippen LogP contribution >= 0.6 is 0 Å². The predicted octanol–water partition coefficient (Wildman–Crippen LogP) is -2.04. The first kappa shape index (κ1) is 11.3. The second kappa shape index (κ2) is 5.87. The first-order valence-corrected chi connectivity index (χ1v) is 3.12. The van der Waals surface area contributed by atoms with E-state index in [0.717, 1.165) is 0 Å². The summed E-state index contributed by atoms with van der Waals surface area (Å²) in [5.74, 6) is 0.0208. The van der Waals surface area contributed by atoms with Crippen molar-refractivity contribution in [2.45, 2.75) is 0 Å². The van der Waals surface area contributed by atoms with Crippen LogP contribution in [0.5, 0.6) is 0 Å². The summed E-state index contributed by atoms with van der Waals surface area (Å²) in [6, 6.07) is 1.28. The molecule has 0 fully saturated rings. The number of nitrogens with zero attached hydrogens (tertiary/aromatic N) is 4. The third-order valence-corrected chi connectivity index (χ3v) is 0.824. The van der Waals surface area contributed by atoms with Crippen LogP contribution in [0, 0.1) is 11.5 Å². The largest absolute Gasteiger partial charge is 0.422 e. The molecule has 0 saturated carbocycles. The highest BCUT2D eigenvalue weighted by Crippen LogP contribution is 1.81. The van der Waals surface area contributed by atoms with Gasteiger partial charge in [0, 0.05) is 0 Å². The number of aromatic nitrogens is 3. The van der Waals surface area contributed by atoms with Crippen LogP contribution in [0.3, 0.4) is 0 Å². The maximum atomic E-state index is 10.4. The summed E-state index contributed by atoms with van der Waals surface area (Å²) in [4.78, 5) is 20.8. The lowest BCUT2D eigenvalue weighted by molar-refractivity contribution is -0.388. The SMILES string of the molecule is N#CN=C=[N-].Nc1nc(N)[nH+]c(=O)[nH]1. The standard InChI is InChI=1S/C3H5N5O.C2N3/c4-1-6-2(5)8-3(9)7-1;3-1-5-2-4/h(H5,4,5,6,7,8,9);/q;-1/p+1. The van der Waals surface area contributed by atoms with Crippen molar-refractivity contribution in [1.82, 2.24) is 9.97 Å². The summed E-state index contributed by atoms with van der Waals surface area (Å²) in [7, 11) is 0. The monoisotopic (exact) mass is 194 g/mol. The summed E-state index contributed by atoms with van der Waals surface area (Å²) >= 11 is 0. The van der Waals surface area contributed by atoms with Crippen LogP contribution < -0.4 is 22.1 Å². The van der Waals surface area contributed by atoms with Gasteiger partial charge in [0.25, 0.3) is 0 Å². The number of rotatable bonds is 0. The highest BCUT2D eigenvalue weighted by atomic mass is 16.1. The third kappa shape index (κ3) is 5.00. The van der Waals surface area contributed by atoms with Crippen molar-refractivity contribution in [3.63, 3.8) is 0 Å². The minimum atomic E-state index is -0.458. The maximum Gasteiger partial charge on any atom is 0.415 e. The Morgan fingerprint density at radius 3 is 2.57 bits per heavy atom. The topological polar surface area (TPSA) is 170 Å². The smallest absolute Gasteiger partial charge is 0.415 e.